The molecule has 1 unspecified atom stereocenters. The van der Waals surface area contributed by atoms with E-state index in [0.29, 0.717) is 24.8 Å². The van der Waals surface area contributed by atoms with Gasteiger partial charge in [-0.1, -0.05) is 20.4 Å². The van der Waals surface area contributed by atoms with Gasteiger partial charge < -0.3 is 14.6 Å². The summed E-state index contributed by atoms with van der Waals surface area (Å²) >= 11 is 0. The number of carbonyl (C=O) groups is 3. The largest absolute Gasteiger partial charge is 0.481 e. The van der Waals surface area contributed by atoms with Gasteiger partial charge in [-0.25, -0.2) is 0 Å². The van der Waals surface area contributed by atoms with Crippen molar-refractivity contribution in [2.75, 3.05) is 6.61 Å². The van der Waals surface area contributed by atoms with Crippen molar-refractivity contribution in [2.24, 2.45) is 0 Å². The van der Waals surface area contributed by atoms with Crippen LogP contribution in [0.4, 0.5) is 0 Å². The molecular formula is C17H28O6. The van der Waals surface area contributed by atoms with E-state index >= 15 is 0 Å². The van der Waals surface area contributed by atoms with Gasteiger partial charge in [0.2, 0.25) is 0 Å². The summed E-state index contributed by atoms with van der Waals surface area (Å²) < 4.78 is 10.9. The maximum absolute atomic E-state index is 12.3. The van der Waals surface area contributed by atoms with Gasteiger partial charge in [0.05, 0.1) is 19.4 Å². The number of ketones is 1. The molecule has 0 saturated carbocycles. The molecule has 0 heterocycles. The highest BCUT2D eigenvalue weighted by Gasteiger charge is 2.35. The van der Waals surface area contributed by atoms with E-state index in [9.17, 15) is 14.4 Å². The van der Waals surface area contributed by atoms with Crippen LogP contribution in [0.25, 0.3) is 0 Å². The van der Waals surface area contributed by atoms with Crippen molar-refractivity contribution in [2.45, 2.75) is 71.5 Å². The molecule has 0 aliphatic rings. The summed E-state index contributed by atoms with van der Waals surface area (Å²) in [5, 5.41) is 8.51. The third kappa shape index (κ3) is 7.41. The van der Waals surface area contributed by atoms with E-state index in [4.69, 9.17) is 14.6 Å². The lowest BCUT2D eigenvalue weighted by atomic mass is 9.88. The van der Waals surface area contributed by atoms with Crippen LogP contribution in [0.2, 0.25) is 0 Å². The Bertz CT molecular complexity index is 436. The van der Waals surface area contributed by atoms with Crippen molar-refractivity contribution >= 4 is 17.7 Å². The molecule has 0 aliphatic carbocycles. The molecule has 0 saturated heterocycles. The van der Waals surface area contributed by atoms with Gasteiger partial charge in [-0.15, -0.1) is 0 Å². The first-order valence-corrected chi connectivity index (χ1v) is 7.94. The number of carboxylic acids is 1. The summed E-state index contributed by atoms with van der Waals surface area (Å²) in [6, 6.07) is 0. The number of Topliss-reactive ketones (excluding diaryl/α,β-unsaturated/α-hetero) is 1. The number of carbonyl (C=O) groups excluding carboxylic acids is 2. The molecule has 0 radical (unpaired) electrons. The molecule has 6 nitrogen and oxygen atoms in total. The van der Waals surface area contributed by atoms with Crippen LogP contribution in [0.3, 0.4) is 0 Å². The van der Waals surface area contributed by atoms with Gasteiger partial charge in [0, 0.05) is 6.42 Å². The fourth-order valence-corrected chi connectivity index (χ4v) is 2.20. The molecule has 0 aromatic carbocycles. The van der Waals surface area contributed by atoms with Crippen molar-refractivity contribution in [3.8, 4) is 0 Å². The second kappa shape index (κ2) is 10.2. The minimum atomic E-state index is -1.04. The monoisotopic (exact) mass is 328 g/mol. The van der Waals surface area contributed by atoms with Crippen LogP contribution in [-0.4, -0.2) is 41.1 Å². The number of esters is 1. The minimum Gasteiger partial charge on any atom is -0.481 e. The Morgan fingerprint density at radius 3 is 2.17 bits per heavy atom. The Hall–Kier alpha value is -1.69. The summed E-state index contributed by atoms with van der Waals surface area (Å²) in [7, 11) is 0. The summed E-state index contributed by atoms with van der Waals surface area (Å²) in [6.45, 7) is 11.1. The first kappa shape index (κ1) is 21.3. The molecule has 23 heavy (non-hydrogen) atoms. The van der Waals surface area contributed by atoms with Crippen molar-refractivity contribution in [1.29, 1.82) is 0 Å². The van der Waals surface area contributed by atoms with E-state index in [-0.39, 0.29) is 25.2 Å². The van der Waals surface area contributed by atoms with Crippen molar-refractivity contribution in [3.63, 3.8) is 0 Å². The molecule has 1 N–H and O–H groups in total. The third-order valence-electron chi connectivity index (χ3n) is 3.72. The van der Waals surface area contributed by atoms with Crippen LogP contribution in [0.5, 0.6) is 0 Å². The fraction of sp³-hybridized carbons (Fsp3) is 0.706. The van der Waals surface area contributed by atoms with Gasteiger partial charge in [0.1, 0.15) is 11.7 Å². The van der Waals surface area contributed by atoms with Crippen molar-refractivity contribution in [3.05, 3.63) is 12.2 Å². The quantitative estimate of drug-likeness (QED) is 0.437. The van der Waals surface area contributed by atoms with Crippen LogP contribution in [0, 0.1) is 0 Å². The number of carboxylic acid groups (broad SMARTS) is 1. The number of hydrogen-bond donors (Lipinski definition) is 1. The highest BCUT2D eigenvalue weighted by atomic mass is 16.5. The van der Waals surface area contributed by atoms with Crippen LogP contribution in [0.1, 0.15) is 59.8 Å². The summed E-state index contributed by atoms with van der Waals surface area (Å²) in [6.07, 6.45) is 0.725. The Balaban J connectivity index is 4.38. The molecule has 6 heteroatoms. The predicted molar refractivity (Wildman–Crippen MR) is 86.1 cm³/mol. The van der Waals surface area contributed by atoms with E-state index in [1.807, 2.05) is 13.8 Å². The highest BCUT2D eigenvalue weighted by Crippen LogP contribution is 2.25. The lowest BCUT2D eigenvalue weighted by Gasteiger charge is -2.31. The molecule has 0 rings (SSSR count). The second-order valence-corrected chi connectivity index (χ2v) is 5.64. The first-order valence-electron chi connectivity index (χ1n) is 7.94. The van der Waals surface area contributed by atoms with E-state index < -0.39 is 23.6 Å². The summed E-state index contributed by atoms with van der Waals surface area (Å²) in [5.74, 6) is -1.68. The predicted octanol–water partition coefficient (Wildman–Crippen LogP) is 2.89. The molecule has 1 atom stereocenters. The van der Waals surface area contributed by atoms with Crippen LogP contribution < -0.4 is 0 Å². The van der Waals surface area contributed by atoms with Gasteiger partial charge in [-0.2, -0.15) is 0 Å². The average molecular weight is 328 g/mol. The van der Waals surface area contributed by atoms with Gasteiger partial charge in [0.15, 0.2) is 5.78 Å². The van der Waals surface area contributed by atoms with E-state index in [1.165, 1.54) is 0 Å². The molecule has 0 aromatic rings. The Kier molecular flexibility index (Phi) is 9.41. The lowest BCUT2D eigenvalue weighted by molar-refractivity contribution is -0.154. The lowest BCUT2D eigenvalue weighted by Crippen LogP contribution is -2.41. The maximum Gasteiger partial charge on any atom is 0.306 e. The summed E-state index contributed by atoms with van der Waals surface area (Å²) in [4.78, 5) is 34.1. The molecular weight excluding hydrogens is 300 g/mol. The molecule has 0 spiro atoms. The Morgan fingerprint density at radius 2 is 1.74 bits per heavy atom. The van der Waals surface area contributed by atoms with Gasteiger partial charge >= 0.3 is 11.9 Å². The third-order valence-corrected chi connectivity index (χ3v) is 3.72. The number of rotatable bonds is 12. The van der Waals surface area contributed by atoms with Gasteiger partial charge in [0.25, 0.3) is 0 Å². The smallest absolute Gasteiger partial charge is 0.306 e. The minimum absolute atomic E-state index is 0.103. The first-order chi connectivity index (χ1) is 10.7. The summed E-state index contributed by atoms with van der Waals surface area (Å²) in [5.41, 5.74) is -0.416. The average Bonchev–Trinajstić information content (AvgIpc) is 2.49. The van der Waals surface area contributed by atoms with E-state index in [1.54, 1.807) is 13.8 Å². The van der Waals surface area contributed by atoms with Crippen LogP contribution in [-0.2, 0) is 23.9 Å². The van der Waals surface area contributed by atoms with Gasteiger partial charge in [-0.3, -0.25) is 14.4 Å². The second-order valence-electron chi connectivity index (χ2n) is 5.64. The zero-order valence-electron chi connectivity index (χ0n) is 14.5. The number of hydrogen-bond acceptors (Lipinski definition) is 5. The van der Waals surface area contributed by atoms with Crippen LogP contribution >= 0.6 is 0 Å². The molecule has 0 amide bonds. The van der Waals surface area contributed by atoms with E-state index in [2.05, 4.69) is 6.58 Å². The van der Waals surface area contributed by atoms with E-state index in [0.717, 1.165) is 0 Å². The highest BCUT2D eigenvalue weighted by molar-refractivity contribution is 6.00. The van der Waals surface area contributed by atoms with Crippen molar-refractivity contribution < 1.29 is 29.0 Å². The maximum atomic E-state index is 12.3. The number of aliphatic carboxylic acids is 1. The zero-order valence-corrected chi connectivity index (χ0v) is 14.5. The topological polar surface area (TPSA) is 89.9 Å². The van der Waals surface area contributed by atoms with Crippen LogP contribution in [0.15, 0.2) is 12.2 Å². The zero-order chi connectivity index (χ0) is 18.0. The molecule has 0 aromatic heterocycles. The molecule has 0 fully saturated rings. The molecule has 0 bridgehead atoms. The SMILES string of the molecule is C=C(C)C(=O)C(CC)(CC)OCCC(C)OC(=O)CCC(=O)O. The van der Waals surface area contributed by atoms with Crippen molar-refractivity contribution in [1.82, 2.24) is 0 Å². The Labute approximate surface area is 137 Å². The number of ether oxygens (including phenoxy) is 2. The Morgan fingerprint density at radius 1 is 1.17 bits per heavy atom. The fourth-order valence-electron chi connectivity index (χ4n) is 2.20. The van der Waals surface area contributed by atoms with Gasteiger partial charge in [-0.05, 0) is 32.3 Å². The molecule has 0 aliphatic heterocycles. The normalized spacial score (nSPS) is 12.5. The standard InChI is InChI=1S/C17H28O6/c1-6-17(7-2,16(21)12(3)4)22-11-10-13(5)23-15(20)9-8-14(18)19/h13H,3,6-11H2,1-2,4-5H3,(H,18,19). The molecule has 132 valence electrons.